The first kappa shape index (κ1) is 28.0. The lowest BCUT2D eigenvalue weighted by Crippen LogP contribution is -2.83. The number of amidine groups is 1. The maximum Gasteiger partial charge on any atom is 0.352 e. The number of aliphatic hydroxyl groups is 1. The van der Waals surface area contributed by atoms with E-state index >= 15 is 0 Å². The van der Waals surface area contributed by atoms with Crippen LogP contribution in [0.2, 0.25) is 0 Å². The molecule has 0 aromatic heterocycles. The molecule has 2 aliphatic heterocycles. The fraction of sp³-hybridized carbons (Fsp3) is 0.429. The van der Waals surface area contributed by atoms with E-state index in [2.05, 4.69) is 15.6 Å². The molecular formula is C21H26N6O9S. The molecule has 16 heteroatoms. The second-order valence-corrected chi connectivity index (χ2v) is 9.14. The zero-order valence-corrected chi connectivity index (χ0v) is 20.8. The Morgan fingerprint density at radius 1 is 1.35 bits per heavy atom. The fourth-order valence-electron chi connectivity index (χ4n) is 3.97. The van der Waals surface area contributed by atoms with Crippen LogP contribution in [0, 0.1) is 5.53 Å². The van der Waals surface area contributed by atoms with Gasteiger partial charge in [0.1, 0.15) is 23.6 Å². The van der Waals surface area contributed by atoms with Crippen LogP contribution in [0.3, 0.4) is 0 Å². The molecule has 4 atom stereocenters. The normalized spacial score (nSPS) is 23.1. The Balaban J connectivity index is 1.87. The molecule has 15 nitrogen and oxygen atoms in total. The molecule has 0 radical (unpaired) electrons. The minimum atomic E-state index is -2.07. The van der Waals surface area contributed by atoms with Crippen LogP contribution in [0.5, 0.6) is 5.75 Å². The molecule has 0 spiro atoms. The number of hydrogen-bond donors (Lipinski definition) is 6. The Labute approximate surface area is 214 Å². The quantitative estimate of drug-likeness (QED) is 0.0577. The third kappa shape index (κ3) is 5.28. The number of ether oxygens (including phenoxy) is 2. The number of phenols is 1. The Kier molecular flexibility index (Phi) is 8.49. The number of carbonyl (C=O) groups is 3. The van der Waals surface area contributed by atoms with Gasteiger partial charge in [-0.05, 0) is 28.5 Å². The van der Waals surface area contributed by atoms with E-state index in [0.29, 0.717) is 5.17 Å². The van der Waals surface area contributed by atoms with E-state index < -0.39 is 41.9 Å². The third-order valence-electron chi connectivity index (χ3n) is 5.72. The van der Waals surface area contributed by atoms with E-state index in [4.69, 9.17) is 15.0 Å². The molecule has 1 aromatic rings. The van der Waals surface area contributed by atoms with Gasteiger partial charge in [-0.15, -0.1) is 5.10 Å². The monoisotopic (exact) mass is 538 g/mol. The summed E-state index contributed by atoms with van der Waals surface area (Å²) in [6.45, 7) is -0.217. The predicted octanol–water partition coefficient (Wildman–Crippen LogP) is -0.0549. The fourth-order valence-corrected chi connectivity index (χ4v) is 4.85. The van der Waals surface area contributed by atoms with Gasteiger partial charge in [0, 0.05) is 27.0 Å². The number of β-lactam (4-membered cyclic amide) rings is 1. The van der Waals surface area contributed by atoms with Gasteiger partial charge in [0.05, 0.1) is 6.61 Å². The highest BCUT2D eigenvalue weighted by atomic mass is 32.2. The molecule has 0 bridgehead atoms. The number of aliphatic carboxylic acids is 2. The van der Waals surface area contributed by atoms with E-state index in [1.165, 1.54) is 24.3 Å². The summed E-state index contributed by atoms with van der Waals surface area (Å²) in [5, 5.41) is 49.3. The number of benzene rings is 1. The van der Waals surface area contributed by atoms with Gasteiger partial charge in [0.25, 0.3) is 5.91 Å². The highest BCUT2D eigenvalue weighted by Gasteiger charge is 2.67. The minimum Gasteiger partial charge on any atom is -0.508 e. The molecule has 3 unspecified atom stereocenters. The molecule has 1 saturated heterocycles. The van der Waals surface area contributed by atoms with E-state index in [9.17, 15) is 34.8 Å². The summed E-state index contributed by atoms with van der Waals surface area (Å²) in [6.07, 6.45) is -3.18. The van der Waals surface area contributed by atoms with Gasteiger partial charge < -0.3 is 34.8 Å². The van der Waals surface area contributed by atoms with Gasteiger partial charge in [-0.3, -0.25) is 19.8 Å². The van der Waals surface area contributed by atoms with Crippen molar-refractivity contribution in [2.75, 3.05) is 33.6 Å². The third-order valence-corrected chi connectivity index (χ3v) is 6.92. The lowest BCUT2D eigenvalue weighted by Gasteiger charge is -2.56. The number of amides is 1. The van der Waals surface area contributed by atoms with Crippen molar-refractivity contribution in [2.24, 2.45) is 10.3 Å². The van der Waals surface area contributed by atoms with Crippen LogP contribution in [0.4, 0.5) is 0 Å². The van der Waals surface area contributed by atoms with E-state index in [0.717, 1.165) is 23.8 Å². The lowest BCUT2D eigenvalue weighted by molar-refractivity contribution is -0.267. The van der Waals surface area contributed by atoms with Crippen LogP contribution >= 0.6 is 11.8 Å². The van der Waals surface area contributed by atoms with E-state index in [1.54, 1.807) is 19.0 Å². The van der Waals surface area contributed by atoms with Gasteiger partial charge in [0.15, 0.2) is 11.4 Å². The first-order valence-electron chi connectivity index (χ1n) is 10.7. The van der Waals surface area contributed by atoms with Crippen LogP contribution in [0.25, 0.3) is 0 Å². The summed E-state index contributed by atoms with van der Waals surface area (Å²) < 4.78 is 11.1. The number of aliphatic hydroxyl groups excluding tert-OH is 1. The number of methoxy groups -OCH3 is 1. The minimum absolute atomic E-state index is 0.0582. The molecule has 6 N–H and O–H groups in total. The summed E-state index contributed by atoms with van der Waals surface area (Å²) in [5.74, 6) is -5.34. The number of carboxylic acid groups (broad SMARTS) is 2. The molecule has 2 heterocycles. The zero-order chi connectivity index (χ0) is 27.5. The largest absolute Gasteiger partial charge is 0.508 e. The molecular weight excluding hydrogens is 512 g/mol. The van der Waals surface area contributed by atoms with E-state index in [1.807, 2.05) is 0 Å². The number of hydrogen-bond acceptors (Lipinski definition) is 11. The number of rotatable bonds is 10. The van der Waals surface area contributed by atoms with Crippen LogP contribution < -0.4 is 5.32 Å². The number of carbonyl (C=O) groups excluding carboxylic acids is 1. The molecule has 1 amide bonds. The number of aromatic hydroxyl groups is 1. The zero-order valence-electron chi connectivity index (χ0n) is 20.0. The summed E-state index contributed by atoms with van der Waals surface area (Å²) in [5.41, 5.74) is 4.89. The Hall–Kier alpha value is -3.57. The van der Waals surface area contributed by atoms with Gasteiger partial charge in [0.2, 0.25) is 5.72 Å². The first-order chi connectivity index (χ1) is 17.5. The van der Waals surface area contributed by atoms with Crippen molar-refractivity contribution in [3.63, 3.8) is 0 Å². The molecule has 3 rings (SSSR count). The van der Waals surface area contributed by atoms with Crippen LogP contribution in [0.15, 0.2) is 45.9 Å². The molecule has 2 aliphatic rings. The molecule has 0 saturated carbocycles. The topological polar surface area (TPSA) is 218 Å². The van der Waals surface area contributed by atoms with Gasteiger partial charge in [-0.2, -0.15) is 5.53 Å². The van der Waals surface area contributed by atoms with Crippen LogP contribution in [-0.2, 0) is 23.9 Å². The van der Waals surface area contributed by atoms with Crippen molar-refractivity contribution in [1.29, 1.82) is 5.53 Å². The molecule has 1 fully saturated rings. The highest BCUT2D eigenvalue weighted by molar-refractivity contribution is 8.13. The summed E-state index contributed by atoms with van der Waals surface area (Å²) in [4.78, 5) is 39.8. The smallest absolute Gasteiger partial charge is 0.352 e. The number of thioether (sulfide) groups is 1. The number of phenolic OH excluding ortho intramolecular Hbond substituents is 1. The van der Waals surface area contributed by atoms with Gasteiger partial charge in [-0.25, -0.2) is 4.79 Å². The average Bonchev–Trinajstić information content (AvgIpc) is 2.85. The molecule has 37 heavy (non-hydrogen) atoms. The van der Waals surface area contributed by atoms with Crippen molar-refractivity contribution >= 4 is 34.8 Å². The lowest BCUT2D eigenvalue weighted by atomic mass is 9.91. The SMILES string of the molecule is CO[C@@]1(NC(O)C(C(=O)O)c2ccc(O)cc2)C(=O)N2C(C(=O)O)=C(CS/C(=N/N=N)N(C)C)COC21. The Morgan fingerprint density at radius 3 is 2.51 bits per heavy atom. The Bertz CT molecular complexity index is 1140. The first-order valence-corrected chi connectivity index (χ1v) is 11.6. The van der Waals surface area contributed by atoms with Crippen LogP contribution in [-0.4, -0.2) is 105 Å². The number of nitrogens with one attached hydrogen (secondary N) is 2. The van der Waals surface area contributed by atoms with Crippen molar-refractivity contribution in [3.05, 3.63) is 41.1 Å². The number of fused-ring (bicyclic) bond motifs is 1. The van der Waals surface area contributed by atoms with Crippen molar-refractivity contribution in [2.45, 2.75) is 24.1 Å². The molecule has 200 valence electrons. The summed E-state index contributed by atoms with van der Waals surface area (Å²) >= 11 is 1.09. The van der Waals surface area contributed by atoms with Crippen molar-refractivity contribution < 1.29 is 44.3 Å². The summed E-state index contributed by atoms with van der Waals surface area (Å²) in [7, 11) is 4.47. The predicted molar refractivity (Wildman–Crippen MR) is 127 cm³/mol. The molecule has 0 aliphatic carbocycles. The average molecular weight is 539 g/mol. The number of nitrogens with zero attached hydrogens (tertiary/aromatic N) is 4. The van der Waals surface area contributed by atoms with Crippen molar-refractivity contribution in [1.82, 2.24) is 15.1 Å². The van der Waals surface area contributed by atoms with Crippen LogP contribution in [0.1, 0.15) is 11.5 Å². The standard InChI is InChI=1S/C21H26N6O9S/c1-26(2)20(24-25-22)37-9-11-8-36-19-21(35-3,18(34)27(19)14(11)17(32)33)23-15(29)13(16(30)31)10-4-6-12(28)7-5-10/h4-7,13,15,19,22-23,28-29H,8-9H2,1-3H3,(H,30,31)(H,32,33)/b24-20+,25-22?/t13?,15?,19?,21-/m0/s1. The van der Waals surface area contributed by atoms with Crippen molar-refractivity contribution in [3.8, 4) is 5.75 Å². The van der Waals surface area contributed by atoms with Gasteiger partial charge >= 0.3 is 11.9 Å². The molecule has 1 aromatic carbocycles. The van der Waals surface area contributed by atoms with Gasteiger partial charge in [-0.1, -0.05) is 23.9 Å². The second-order valence-electron chi connectivity index (χ2n) is 8.20. The number of carboxylic acids is 2. The Morgan fingerprint density at radius 2 is 2.00 bits per heavy atom. The maximum atomic E-state index is 13.3. The maximum absolute atomic E-state index is 13.3. The van der Waals surface area contributed by atoms with E-state index in [-0.39, 0.29) is 34.9 Å². The summed E-state index contributed by atoms with van der Waals surface area (Å²) in [6, 6.07) is 5.11. The highest BCUT2D eigenvalue weighted by Crippen LogP contribution is 2.42. The second kappa shape index (κ2) is 11.2.